The fraction of sp³-hybridized carbons (Fsp3) is 0.412. The first-order chi connectivity index (χ1) is 11.2. The average Bonchev–Trinajstić information content (AvgIpc) is 3.00. The first-order valence-electron chi connectivity index (χ1n) is 7.82. The van der Waals surface area contributed by atoms with Crippen molar-refractivity contribution in [3.63, 3.8) is 0 Å². The van der Waals surface area contributed by atoms with Crippen LogP contribution in [0.4, 0.5) is 5.69 Å². The first kappa shape index (κ1) is 16.9. The van der Waals surface area contributed by atoms with Crippen LogP contribution in [-0.2, 0) is 6.54 Å². The van der Waals surface area contributed by atoms with Crippen LogP contribution in [0.25, 0.3) is 0 Å². The van der Waals surface area contributed by atoms with Gasteiger partial charge in [0, 0.05) is 38.9 Å². The van der Waals surface area contributed by atoms with Gasteiger partial charge in [-0.3, -0.25) is 4.99 Å². The van der Waals surface area contributed by atoms with E-state index in [9.17, 15) is 0 Å². The molecule has 2 N–H and O–H groups in total. The molecule has 2 aromatic rings. The minimum Gasteiger partial charge on any atom is -0.375 e. The summed E-state index contributed by atoms with van der Waals surface area (Å²) in [5.41, 5.74) is 2.10. The maximum atomic E-state index is 5.04. The zero-order valence-corrected chi connectivity index (χ0v) is 14.0. The Labute approximate surface area is 137 Å². The third-order valence-corrected chi connectivity index (χ3v) is 3.50. The van der Waals surface area contributed by atoms with Crippen LogP contribution in [0.15, 0.2) is 45.9 Å². The number of hydrogen-bond donors (Lipinski definition) is 2. The van der Waals surface area contributed by atoms with Crippen molar-refractivity contribution in [1.29, 1.82) is 0 Å². The Kier molecular flexibility index (Phi) is 6.47. The van der Waals surface area contributed by atoms with Crippen LogP contribution >= 0.6 is 0 Å². The number of aromatic nitrogens is 1. The molecule has 23 heavy (non-hydrogen) atoms. The van der Waals surface area contributed by atoms with Crippen molar-refractivity contribution in [2.75, 3.05) is 32.1 Å². The minimum absolute atomic E-state index is 0.598. The number of para-hydroxylation sites is 1. The minimum atomic E-state index is 0.598. The van der Waals surface area contributed by atoms with Gasteiger partial charge in [-0.25, -0.2) is 0 Å². The highest BCUT2D eigenvalue weighted by molar-refractivity contribution is 5.79. The Morgan fingerprint density at radius 2 is 2.04 bits per heavy atom. The normalized spacial score (nSPS) is 11.3. The molecule has 1 aromatic carbocycles. The van der Waals surface area contributed by atoms with Gasteiger partial charge in [0.1, 0.15) is 11.5 Å². The molecule has 0 saturated heterocycles. The van der Waals surface area contributed by atoms with Gasteiger partial charge in [0.15, 0.2) is 5.96 Å². The third kappa shape index (κ3) is 5.65. The van der Waals surface area contributed by atoms with Crippen LogP contribution in [0.5, 0.6) is 0 Å². The number of hydrogen-bond acceptors (Lipinski definition) is 4. The Morgan fingerprint density at radius 1 is 1.26 bits per heavy atom. The number of aryl methyl sites for hydroxylation is 1. The second-order valence-corrected chi connectivity index (χ2v) is 5.39. The van der Waals surface area contributed by atoms with Gasteiger partial charge in [-0.15, -0.1) is 0 Å². The van der Waals surface area contributed by atoms with Gasteiger partial charge in [-0.1, -0.05) is 23.4 Å². The molecule has 0 saturated carbocycles. The van der Waals surface area contributed by atoms with E-state index < -0.39 is 0 Å². The molecule has 0 fully saturated rings. The molecule has 0 spiro atoms. The fourth-order valence-corrected chi connectivity index (χ4v) is 2.23. The van der Waals surface area contributed by atoms with Crippen LogP contribution in [-0.4, -0.2) is 38.3 Å². The SMILES string of the molecule is CN=C(NCCCN(C)c1ccccc1)NCc1cc(C)on1. The van der Waals surface area contributed by atoms with Crippen molar-refractivity contribution in [3.05, 3.63) is 47.9 Å². The Bertz CT molecular complexity index is 608. The highest BCUT2D eigenvalue weighted by Gasteiger charge is 2.03. The molecule has 124 valence electrons. The quantitative estimate of drug-likeness (QED) is 0.466. The molecule has 6 heteroatoms. The molecule has 2 rings (SSSR count). The van der Waals surface area contributed by atoms with E-state index in [4.69, 9.17) is 4.52 Å². The highest BCUT2D eigenvalue weighted by Crippen LogP contribution is 2.10. The van der Waals surface area contributed by atoms with Crippen molar-refractivity contribution in [1.82, 2.24) is 15.8 Å². The van der Waals surface area contributed by atoms with Gasteiger partial charge in [0.2, 0.25) is 0 Å². The van der Waals surface area contributed by atoms with Crippen LogP contribution in [0.3, 0.4) is 0 Å². The molecule has 1 aromatic heterocycles. The molecule has 6 nitrogen and oxygen atoms in total. The second kappa shape index (κ2) is 8.82. The van der Waals surface area contributed by atoms with Crippen LogP contribution < -0.4 is 15.5 Å². The predicted molar refractivity (Wildman–Crippen MR) is 93.8 cm³/mol. The summed E-state index contributed by atoms with van der Waals surface area (Å²) in [7, 11) is 3.87. The summed E-state index contributed by atoms with van der Waals surface area (Å²) < 4.78 is 5.04. The van der Waals surface area contributed by atoms with Gasteiger partial charge >= 0.3 is 0 Å². The highest BCUT2D eigenvalue weighted by atomic mass is 16.5. The van der Waals surface area contributed by atoms with E-state index in [-0.39, 0.29) is 0 Å². The largest absolute Gasteiger partial charge is 0.375 e. The lowest BCUT2D eigenvalue weighted by atomic mass is 10.3. The van der Waals surface area contributed by atoms with E-state index in [0.717, 1.165) is 36.9 Å². The summed E-state index contributed by atoms with van der Waals surface area (Å²) in [6.45, 7) is 4.32. The van der Waals surface area contributed by atoms with Gasteiger partial charge < -0.3 is 20.1 Å². The first-order valence-corrected chi connectivity index (χ1v) is 7.82. The third-order valence-electron chi connectivity index (χ3n) is 3.50. The summed E-state index contributed by atoms with van der Waals surface area (Å²) >= 11 is 0. The Hall–Kier alpha value is -2.50. The molecular formula is C17H25N5O. The summed E-state index contributed by atoms with van der Waals surface area (Å²) in [5, 5.41) is 10.5. The lowest BCUT2D eigenvalue weighted by Gasteiger charge is -2.19. The summed E-state index contributed by atoms with van der Waals surface area (Å²) in [6.07, 6.45) is 1.02. The predicted octanol–water partition coefficient (Wildman–Crippen LogP) is 2.17. The molecule has 0 unspecified atom stereocenters. The van der Waals surface area contributed by atoms with E-state index in [0.29, 0.717) is 6.54 Å². The van der Waals surface area contributed by atoms with E-state index in [1.54, 1.807) is 7.05 Å². The maximum Gasteiger partial charge on any atom is 0.191 e. The van der Waals surface area contributed by atoms with Crippen LogP contribution in [0, 0.1) is 6.92 Å². The lowest BCUT2D eigenvalue weighted by Crippen LogP contribution is -2.38. The van der Waals surface area contributed by atoms with Crippen molar-refractivity contribution in [2.24, 2.45) is 4.99 Å². The summed E-state index contributed by atoms with van der Waals surface area (Å²) in [4.78, 5) is 6.45. The molecule has 0 radical (unpaired) electrons. The lowest BCUT2D eigenvalue weighted by molar-refractivity contribution is 0.390. The molecule has 0 aliphatic rings. The second-order valence-electron chi connectivity index (χ2n) is 5.39. The topological polar surface area (TPSA) is 65.7 Å². The zero-order valence-electron chi connectivity index (χ0n) is 14.0. The number of nitrogens with zero attached hydrogens (tertiary/aromatic N) is 3. The molecule has 1 heterocycles. The number of anilines is 1. The number of nitrogens with one attached hydrogen (secondary N) is 2. The zero-order chi connectivity index (χ0) is 16.5. The van der Waals surface area contributed by atoms with Gasteiger partial charge in [-0.2, -0.15) is 0 Å². The molecule has 0 bridgehead atoms. The fourth-order valence-electron chi connectivity index (χ4n) is 2.23. The number of rotatable bonds is 7. The standard InChI is InChI=1S/C17H25N5O/c1-14-12-15(21-23-14)13-20-17(18-2)19-10-7-11-22(3)16-8-5-4-6-9-16/h4-6,8-9,12H,7,10-11,13H2,1-3H3,(H2,18,19,20). The smallest absolute Gasteiger partial charge is 0.191 e. The Balaban J connectivity index is 1.66. The van der Waals surface area contributed by atoms with Crippen molar-refractivity contribution in [3.8, 4) is 0 Å². The summed E-state index contributed by atoms with van der Waals surface area (Å²) in [6, 6.07) is 12.3. The van der Waals surface area contributed by atoms with Gasteiger partial charge in [0.25, 0.3) is 0 Å². The number of guanidine groups is 1. The van der Waals surface area contributed by atoms with Gasteiger partial charge in [-0.05, 0) is 25.5 Å². The van der Waals surface area contributed by atoms with Crippen molar-refractivity contribution < 1.29 is 4.52 Å². The number of benzene rings is 1. The van der Waals surface area contributed by atoms with Crippen molar-refractivity contribution in [2.45, 2.75) is 19.9 Å². The van der Waals surface area contributed by atoms with E-state index in [2.05, 4.69) is 57.0 Å². The van der Waals surface area contributed by atoms with E-state index in [1.165, 1.54) is 5.69 Å². The van der Waals surface area contributed by atoms with E-state index in [1.807, 2.05) is 19.1 Å². The molecule has 0 aliphatic carbocycles. The molecule has 0 atom stereocenters. The van der Waals surface area contributed by atoms with Crippen molar-refractivity contribution >= 4 is 11.6 Å². The average molecular weight is 315 g/mol. The molecule has 0 aliphatic heterocycles. The summed E-state index contributed by atoms with van der Waals surface area (Å²) in [5.74, 6) is 1.58. The maximum absolute atomic E-state index is 5.04. The molecule has 0 amide bonds. The monoisotopic (exact) mass is 315 g/mol. The van der Waals surface area contributed by atoms with Crippen LogP contribution in [0.2, 0.25) is 0 Å². The molecular weight excluding hydrogens is 290 g/mol. The Morgan fingerprint density at radius 3 is 2.70 bits per heavy atom. The number of aliphatic imine (C=N–C) groups is 1. The van der Waals surface area contributed by atoms with Gasteiger partial charge in [0.05, 0.1) is 6.54 Å². The van der Waals surface area contributed by atoms with E-state index >= 15 is 0 Å². The van der Waals surface area contributed by atoms with Crippen LogP contribution in [0.1, 0.15) is 17.9 Å².